The van der Waals surface area contributed by atoms with Gasteiger partial charge in [-0.3, -0.25) is 0 Å². The highest BCUT2D eigenvalue weighted by Crippen LogP contribution is 2.43. The third-order valence-electron chi connectivity index (χ3n) is 3.74. The predicted octanol–water partition coefficient (Wildman–Crippen LogP) is 1.37. The number of rotatable bonds is 3. The van der Waals surface area contributed by atoms with Gasteiger partial charge in [0.2, 0.25) is 5.95 Å². The summed E-state index contributed by atoms with van der Waals surface area (Å²) in [4.78, 5) is 8.58. The van der Waals surface area contributed by atoms with Gasteiger partial charge in [0.1, 0.15) is 13.7 Å². The molecule has 1 fully saturated rings. The lowest BCUT2D eigenvalue weighted by Gasteiger charge is -2.43. The molecule has 5 heteroatoms. The fourth-order valence-electron chi connectivity index (χ4n) is 2.46. The van der Waals surface area contributed by atoms with E-state index in [1.165, 1.54) is 12.1 Å². The van der Waals surface area contributed by atoms with Crippen molar-refractivity contribution in [2.75, 3.05) is 5.32 Å². The molecule has 0 spiro atoms. The first-order chi connectivity index (χ1) is 9.18. The summed E-state index contributed by atoms with van der Waals surface area (Å²) in [6.07, 6.45) is 6.81. The van der Waals surface area contributed by atoms with Crippen LogP contribution in [0.1, 0.15) is 24.8 Å². The van der Waals surface area contributed by atoms with Crippen molar-refractivity contribution in [3.05, 3.63) is 48.0 Å². The second kappa shape index (κ2) is 4.65. The van der Waals surface area contributed by atoms with Crippen LogP contribution in [-0.4, -0.2) is 17.8 Å². The smallest absolute Gasteiger partial charge is 0.223 e. The first kappa shape index (κ1) is 12.1. The van der Waals surface area contributed by atoms with Gasteiger partial charge in [-0.15, -0.1) is 0 Å². The zero-order valence-corrected chi connectivity index (χ0v) is 10.9. The second-order valence-electron chi connectivity index (χ2n) is 5.15. The number of hydrogen-bond acceptors (Lipinski definition) is 3. The third kappa shape index (κ3) is 2.32. The van der Waals surface area contributed by atoms with Crippen molar-refractivity contribution in [2.24, 2.45) is 0 Å². The molecule has 0 bridgehead atoms. The standard InChI is InChI=1S/C14H15BFN3/c15-11-8-17-13(18-9-11)19-14(6-1-7-14)10-2-4-12(16)5-3-10/h2-5,8-9H,1,6-7,15H2,(H,17,18,19). The van der Waals surface area contributed by atoms with E-state index in [9.17, 15) is 4.39 Å². The van der Waals surface area contributed by atoms with Crippen LogP contribution in [0.2, 0.25) is 0 Å². The molecule has 3 nitrogen and oxygen atoms in total. The molecule has 1 aromatic heterocycles. The molecule has 1 N–H and O–H groups in total. The Labute approximate surface area is 112 Å². The highest BCUT2D eigenvalue weighted by Gasteiger charge is 2.39. The number of nitrogens with zero attached hydrogens (tertiary/aromatic N) is 2. The molecule has 0 saturated heterocycles. The first-order valence-corrected chi connectivity index (χ1v) is 6.51. The zero-order chi connectivity index (χ0) is 13.3. The third-order valence-corrected chi connectivity index (χ3v) is 3.74. The second-order valence-corrected chi connectivity index (χ2v) is 5.15. The molecule has 0 atom stereocenters. The number of anilines is 1. The molecule has 1 aliphatic rings. The minimum atomic E-state index is -0.204. The van der Waals surface area contributed by atoms with Gasteiger partial charge in [-0.05, 0) is 37.0 Å². The van der Waals surface area contributed by atoms with Crippen LogP contribution >= 0.6 is 0 Å². The Bertz CT molecular complexity index is 564. The number of halogens is 1. The van der Waals surface area contributed by atoms with E-state index in [-0.39, 0.29) is 11.4 Å². The van der Waals surface area contributed by atoms with Gasteiger partial charge in [-0.25, -0.2) is 14.4 Å². The topological polar surface area (TPSA) is 37.8 Å². The lowest BCUT2D eigenvalue weighted by atomic mass is 9.72. The van der Waals surface area contributed by atoms with Crippen molar-refractivity contribution in [2.45, 2.75) is 24.8 Å². The Morgan fingerprint density at radius 1 is 1.11 bits per heavy atom. The highest BCUT2D eigenvalue weighted by molar-refractivity contribution is 6.31. The SMILES string of the molecule is Bc1cnc(NC2(c3ccc(F)cc3)CCC2)nc1. The van der Waals surface area contributed by atoms with Crippen molar-refractivity contribution >= 4 is 19.3 Å². The molecule has 1 heterocycles. The van der Waals surface area contributed by atoms with Crippen LogP contribution in [0.5, 0.6) is 0 Å². The molecule has 0 amide bonds. The Morgan fingerprint density at radius 2 is 1.74 bits per heavy atom. The minimum Gasteiger partial charge on any atom is -0.345 e. The van der Waals surface area contributed by atoms with Crippen molar-refractivity contribution in [1.29, 1.82) is 0 Å². The summed E-state index contributed by atoms with van der Waals surface area (Å²) < 4.78 is 13.0. The van der Waals surface area contributed by atoms with Gasteiger partial charge in [0.05, 0.1) is 5.54 Å². The molecular formula is C14H15BFN3. The zero-order valence-electron chi connectivity index (χ0n) is 10.9. The van der Waals surface area contributed by atoms with E-state index >= 15 is 0 Å². The Morgan fingerprint density at radius 3 is 2.26 bits per heavy atom. The molecule has 3 rings (SSSR count). The maximum Gasteiger partial charge on any atom is 0.223 e. The van der Waals surface area contributed by atoms with Crippen LogP contribution in [-0.2, 0) is 5.54 Å². The van der Waals surface area contributed by atoms with Crippen molar-refractivity contribution in [3.8, 4) is 0 Å². The quantitative estimate of drug-likeness (QED) is 0.841. The molecule has 19 heavy (non-hydrogen) atoms. The van der Waals surface area contributed by atoms with Crippen LogP contribution in [0.25, 0.3) is 0 Å². The molecule has 1 aliphatic carbocycles. The van der Waals surface area contributed by atoms with Gasteiger partial charge in [0, 0.05) is 12.4 Å². The van der Waals surface area contributed by atoms with Crippen molar-refractivity contribution in [1.82, 2.24) is 9.97 Å². The minimum absolute atomic E-state index is 0.136. The van der Waals surface area contributed by atoms with E-state index in [1.54, 1.807) is 12.4 Å². The summed E-state index contributed by atoms with van der Waals surface area (Å²) in [5, 5.41) is 3.41. The molecule has 0 unspecified atom stereocenters. The predicted molar refractivity (Wildman–Crippen MR) is 75.8 cm³/mol. The molecule has 96 valence electrons. The summed E-state index contributed by atoms with van der Waals surface area (Å²) in [6, 6.07) is 6.70. The van der Waals surface area contributed by atoms with Gasteiger partial charge < -0.3 is 5.32 Å². The lowest BCUT2D eigenvalue weighted by Crippen LogP contribution is -2.42. The maximum absolute atomic E-state index is 13.0. The number of benzene rings is 1. The Balaban J connectivity index is 1.87. The van der Waals surface area contributed by atoms with Gasteiger partial charge >= 0.3 is 0 Å². The van der Waals surface area contributed by atoms with Crippen molar-refractivity contribution < 1.29 is 4.39 Å². The van der Waals surface area contributed by atoms with Crippen molar-refractivity contribution in [3.63, 3.8) is 0 Å². The van der Waals surface area contributed by atoms with Crippen LogP contribution in [0.3, 0.4) is 0 Å². The molecular weight excluding hydrogens is 240 g/mol. The number of aromatic nitrogens is 2. The van der Waals surface area contributed by atoms with E-state index in [0.29, 0.717) is 5.95 Å². The first-order valence-electron chi connectivity index (χ1n) is 6.51. The summed E-state index contributed by atoms with van der Waals surface area (Å²) in [7, 11) is 1.96. The molecule has 1 saturated carbocycles. The van der Waals surface area contributed by atoms with Gasteiger partial charge in [-0.2, -0.15) is 0 Å². The highest BCUT2D eigenvalue weighted by atomic mass is 19.1. The molecule has 2 aromatic rings. The van der Waals surface area contributed by atoms with E-state index < -0.39 is 0 Å². The largest absolute Gasteiger partial charge is 0.345 e. The lowest BCUT2D eigenvalue weighted by molar-refractivity contribution is 0.282. The van der Waals surface area contributed by atoms with Gasteiger partial charge in [-0.1, -0.05) is 17.6 Å². The fourth-order valence-corrected chi connectivity index (χ4v) is 2.46. The van der Waals surface area contributed by atoms with E-state index in [1.807, 2.05) is 20.0 Å². The fraction of sp³-hybridized carbons (Fsp3) is 0.286. The Hall–Kier alpha value is -1.91. The summed E-state index contributed by atoms with van der Waals surface area (Å²) >= 11 is 0. The number of nitrogens with one attached hydrogen (secondary N) is 1. The van der Waals surface area contributed by atoms with E-state index in [0.717, 1.165) is 30.3 Å². The maximum atomic E-state index is 13.0. The molecule has 0 aliphatic heterocycles. The molecule has 1 aromatic carbocycles. The summed E-state index contributed by atoms with van der Waals surface area (Å²) in [5.41, 5.74) is 2.00. The summed E-state index contributed by atoms with van der Waals surface area (Å²) in [6.45, 7) is 0. The van der Waals surface area contributed by atoms with Gasteiger partial charge in [0.25, 0.3) is 0 Å². The van der Waals surface area contributed by atoms with Crippen LogP contribution in [0.4, 0.5) is 10.3 Å². The normalized spacial score (nSPS) is 16.7. The van der Waals surface area contributed by atoms with E-state index in [4.69, 9.17) is 0 Å². The van der Waals surface area contributed by atoms with Crippen LogP contribution in [0.15, 0.2) is 36.7 Å². The monoisotopic (exact) mass is 255 g/mol. The average molecular weight is 255 g/mol. The number of hydrogen-bond donors (Lipinski definition) is 1. The van der Waals surface area contributed by atoms with Gasteiger partial charge in [0.15, 0.2) is 0 Å². The Kier molecular flexibility index (Phi) is 2.97. The molecule has 0 radical (unpaired) electrons. The average Bonchev–Trinajstić information content (AvgIpc) is 2.37. The van der Waals surface area contributed by atoms with E-state index in [2.05, 4.69) is 15.3 Å². The van der Waals surface area contributed by atoms with Crippen LogP contribution < -0.4 is 10.8 Å². The van der Waals surface area contributed by atoms with Crippen LogP contribution in [0, 0.1) is 5.82 Å². The summed E-state index contributed by atoms with van der Waals surface area (Å²) in [5.74, 6) is 0.430.